The highest BCUT2D eigenvalue weighted by atomic mass is 31.1. The molecule has 1 saturated heterocycles. The van der Waals surface area contributed by atoms with Gasteiger partial charge < -0.3 is 24.1 Å². The van der Waals surface area contributed by atoms with E-state index >= 15 is 0 Å². The maximum atomic E-state index is 11.6. The van der Waals surface area contributed by atoms with Crippen molar-refractivity contribution in [2.45, 2.75) is 50.5 Å². The fraction of sp³-hybridized carbons (Fsp3) is 0.333. The number of hydrogen-bond donors (Lipinski definition) is 2. The maximum Gasteiger partial charge on any atom is 0.697 e. The summed E-state index contributed by atoms with van der Waals surface area (Å²) in [6, 6.07) is 28.5. The lowest BCUT2D eigenvalue weighted by molar-refractivity contribution is -0.301. The summed E-state index contributed by atoms with van der Waals surface area (Å²) in [5.41, 5.74) is 2.75. The third kappa shape index (κ3) is 7.74. The Morgan fingerprint density at radius 1 is 0.722 bits per heavy atom. The summed E-state index contributed by atoms with van der Waals surface area (Å²) in [6.45, 7) is 0.707. The predicted molar refractivity (Wildman–Crippen MR) is 132 cm³/mol. The Kier molecular flexibility index (Phi) is 10.1. The Labute approximate surface area is 211 Å². The number of hydrogen-bond acceptors (Lipinski definition) is 7. The van der Waals surface area contributed by atoms with Crippen LogP contribution in [0.1, 0.15) is 16.7 Å². The summed E-state index contributed by atoms with van der Waals surface area (Å²) in [7, 11) is -3.00. The van der Waals surface area contributed by atoms with Crippen molar-refractivity contribution in [2.24, 2.45) is 0 Å². The van der Waals surface area contributed by atoms with Crippen molar-refractivity contribution in [2.75, 3.05) is 6.61 Å². The van der Waals surface area contributed by atoms with Crippen molar-refractivity contribution in [3.63, 3.8) is 0 Å². The first kappa shape index (κ1) is 26.5. The second kappa shape index (κ2) is 13.7. The van der Waals surface area contributed by atoms with Crippen molar-refractivity contribution < 1.29 is 38.0 Å². The molecule has 1 fully saturated rings. The normalized spacial score (nSPS) is 24.4. The van der Waals surface area contributed by atoms with Gasteiger partial charge in [-0.1, -0.05) is 95.5 Å². The van der Waals surface area contributed by atoms with E-state index in [2.05, 4.69) is 0 Å². The Morgan fingerprint density at radius 2 is 1.19 bits per heavy atom. The van der Waals surface area contributed by atoms with Crippen LogP contribution in [0.15, 0.2) is 91.0 Å². The van der Waals surface area contributed by atoms with Gasteiger partial charge in [0.25, 0.3) is 0 Å². The SMILES string of the molecule is O=[P+](O)O[C@H]1O[C@H](COCc2ccccc2)[C@@H](O)[C@H](OCc2ccccc2)[C@H]1OCc1ccccc1. The molecule has 6 atom stereocenters. The van der Waals surface area contributed by atoms with Gasteiger partial charge in [0.05, 0.1) is 26.4 Å². The summed E-state index contributed by atoms with van der Waals surface area (Å²) in [4.78, 5) is 9.50. The smallest absolute Gasteiger partial charge is 0.387 e. The molecule has 0 radical (unpaired) electrons. The largest absolute Gasteiger partial charge is 0.697 e. The molecule has 9 heteroatoms. The quantitative estimate of drug-likeness (QED) is 0.349. The van der Waals surface area contributed by atoms with Crippen LogP contribution in [0.2, 0.25) is 0 Å². The molecular weight excluding hydrogens is 483 g/mol. The summed E-state index contributed by atoms with van der Waals surface area (Å²) < 4.78 is 40.7. The molecule has 0 spiro atoms. The van der Waals surface area contributed by atoms with Crippen LogP contribution in [0.5, 0.6) is 0 Å². The van der Waals surface area contributed by atoms with Crippen LogP contribution in [0, 0.1) is 0 Å². The highest BCUT2D eigenvalue weighted by Gasteiger charge is 2.50. The fourth-order valence-electron chi connectivity index (χ4n) is 3.97. The Balaban J connectivity index is 1.50. The molecule has 4 rings (SSSR count). The highest BCUT2D eigenvalue weighted by Crippen LogP contribution is 2.33. The second-order valence-corrected chi connectivity index (χ2v) is 9.09. The first-order valence-corrected chi connectivity index (χ1v) is 12.8. The van der Waals surface area contributed by atoms with Crippen molar-refractivity contribution in [3.05, 3.63) is 108 Å². The van der Waals surface area contributed by atoms with Gasteiger partial charge >= 0.3 is 8.25 Å². The predicted octanol–water partition coefficient (Wildman–Crippen LogP) is 4.13. The zero-order valence-corrected chi connectivity index (χ0v) is 20.6. The molecule has 1 aliphatic rings. The zero-order valence-electron chi connectivity index (χ0n) is 19.7. The van der Waals surface area contributed by atoms with Crippen molar-refractivity contribution in [3.8, 4) is 0 Å². The molecule has 3 aromatic carbocycles. The minimum atomic E-state index is -3.00. The third-order valence-electron chi connectivity index (χ3n) is 5.78. The van der Waals surface area contributed by atoms with Crippen LogP contribution in [0.3, 0.4) is 0 Å². The van der Waals surface area contributed by atoms with Gasteiger partial charge in [-0.3, -0.25) is 0 Å². The van der Waals surface area contributed by atoms with E-state index in [1.165, 1.54) is 0 Å². The topological polar surface area (TPSA) is 104 Å². The molecule has 0 aliphatic carbocycles. The van der Waals surface area contributed by atoms with Crippen LogP contribution < -0.4 is 0 Å². The molecule has 1 heterocycles. The number of aliphatic hydroxyl groups excluding tert-OH is 1. The zero-order chi connectivity index (χ0) is 25.2. The molecular formula is C27H30O8P+. The van der Waals surface area contributed by atoms with Crippen LogP contribution in [-0.2, 0) is 47.9 Å². The molecule has 0 saturated carbocycles. The number of benzene rings is 3. The van der Waals surface area contributed by atoms with E-state index in [0.717, 1.165) is 16.7 Å². The van der Waals surface area contributed by atoms with E-state index < -0.39 is 39.0 Å². The molecule has 36 heavy (non-hydrogen) atoms. The first-order chi connectivity index (χ1) is 17.6. The van der Waals surface area contributed by atoms with E-state index in [1.807, 2.05) is 91.0 Å². The lowest BCUT2D eigenvalue weighted by Crippen LogP contribution is -2.60. The number of rotatable bonds is 12. The number of aliphatic hydroxyl groups is 1. The molecule has 0 bridgehead atoms. The van der Waals surface area contributed by atoms with Gasteiger partial charge in [0.1, 0.15) is 24.4 Å². The maximum absolute atomic E-state index is 11.6. The molecule has 1 aliphatic heterocycles. The highest BCUT2D eigenvalue weighted by molar-refractivity contribution is 7.32. The molecule has 1 unspecified atom stereocenters. The third-order valence-corrected chi connectivity index (χ3v) is 6.16. The average Bonchev–Trinajstić information content (AvgIpc) is 2.90. The van der Waals surface area contributed by atoms with Crippen LogP contribution in [0.4, 0.5) is 0 Å². The van der Waals surface area contributed by atoms with Crippen molar-refractivity contribution in [1.29, 1.82) is 0 Å². The van der Waals surface area contributed by atoms with Gasteiger partial charge in [-0.25, -0.2) is 0 Å². The van der Waals surface area contributed by atoms with E-state index in [1.54, 1.807) is 0 Å². The van der Waals surface area contributed by atoms with Crippen molar-refractivity contribution in [1.82, 2.24) is 0 Å². The van der Waals surface area contributed by atoms with Crippen molar-refractivity contribution >= 4 is 8.25 Å². The second-order valence-electron chi connectivity index (χ2n) is 8.40. The Morgan fingerprint density at radius 3 is 1.69 bits per heavy atom. The van der Waals surface area contributed by atoms with Crippen LogP contribution >= 0.6 is 8.25 Å². The van der Waals surface area contributed by atoms with E-state index in [9.17, 15) is 14.6 Å². The summed E-state index contributed by atoms with van der Waals surface area (Å²) in [6.07, 6.45) is -5.14. The molecule has 0 aromatic heterocycles. The van der Waals surface area contributed by atoms with E-state index in [0.29, 0.717) is 6.61 Å². The molecule has 190 valence electrons. The lowest BCUT2D eigenvalue weighted by Gasteiger charge is -2.42. The van der Waals surface area contributed by atoms with E-state index in [-0.39, 0.29) is 19.8 Å². The first-order valence-electron chi connectivity index (χ1n) is 11.7. The lowest BCUT2D eigenvalue weighted by atomic mass is 9.98. The summed E-state index contributed by atoms with van der Waals surface area (Å²) >= 11 is 0. The molecule has 2 N–H and O–H groups in total. The Bertz CT molecular complexity index is 1050. The minimum absolute atomic E-state index is 0.0226. The van der Waals surface area contributed by atoms with Gasteiger partial charge in [-0.05, 0) is 16.7 Å². The van der Waals surface area contributed by atoms with Gasteiger partial charge in [0, 0.05) is 4.57 Å². The van der Waals surface area contributed by atoms with Crippen LogP contribution in [0.25, 0.3) is 0 Å². The average molecular weight is 514 g/mol. The summed E-state index contributed by atoms with van der Waals surface area (Å²) in [5.74, 6) is 0. The van der Waals surface area contributed by atoms with Gasteiger partial charge in [-0.15, -0.1) is 4.89 Å². The Hall–Kier alpha value is -2.52. The van der Waals surface area contributed by atoms with Gasteiger partial charge in [-0.2, -0.15) is 0 Å². The van der Waals surface area contributed by atoms with Gasteiger partial charge in [0.15, 0.2) is 0 Å². The molecule has 8 nitrogen and oxygen atoms in total. The summed E-state index contributed by atoms with van der Waals surface area (Å²) in [5, 5.41) is 11.2. The van der Waals surface area contributed by atoms with E-state index in [4.69, 9.17) is 23.5 Å². The van der Waals surface area contributed by atoms with Gasteiger partial charge in [0.2, 0.25) is 6.29 Å². The number of ether oxygens (including phenoxy) is 4. The monoisotopic (exact) mass is 513 g/mol. The minimum Gasteiger partial charge on any atom is -0.387 e. The molecule has 3 aromatic rings. The standard InChI is InChI=1S/C27H29O8P/c28-24-23(19-31-16-20-10-4-1-5-11-20)34-27(35-36(29)30)26(33-18-22-14-8-3-9-15-22)25(24)32-17-21-12-6-2-7-13-21/h1-15,23-28H,16-19H2/p+1/t23-,24-,25+,26-,27-/m1/s1. The molecule has 0 amide bonds. The fourth-order valence-corrected chi connectivity index (χ4v) is 4.32. The van der Waals surface area contributed by atoms with Crippen LogP contribution in [-0.4, -0.2) is 47.3 Å².